The van der Waals surface area contributed by atoms with E-state index in [1.165, 1.54) is 13.5 Å². The zero-order chi connectivity index (χ0) is 14.9. The van der Waals surface area contributed by atoms with Gasteiger partial charge in [0.05, 0.1) is 12.7 Å². The first-order valence-electron chi connectivity index (χ1n) is 7.18. The van der Waals surface area contributed by atoms with Crippen LogP contribution in [-0.4, -0.2) is 25.7 Å². The maximum absolute atomic E-state index is 11.8. The zero-order valence-corrected chi connectivity index (χ0v) is 12.7. The van der Waals surface area contributed by atoms with E-state index in [1.807, 2.05) is 12.1 Å². The molecule has 1 fully saturated rings. The Labute approximate surface area is 120 Å². The van der Waals surface area contributed by atoms with E-state index in [0.29, 0.717) is 29.1 Å². The van der Waals surface area contributed by atoms with E-state index in [2.05, 4.69) is 25.7 Å². The second kappa shape index (κ2) is 5.73. The number of carbonyl (C=O) groups excluding carboxylic acids is 1. The number of esters is 1. The molecule has 2 N–H and O–H groups in total. The van der Waals surface area contributed by atoms with Gasteiger partial charge in [0.15, 0.2) is 0 Å². The lowest BCUT2D eigenvalue weighted by atomic mass is 9.85. The Morgan fingerprint density at radius 3 is 2.70 bits per heavy atom. The lowest BCUT2D eigenvalue weighted by Gasteiger charge is -2.42. The Morgan fingerprint density at radius 1 is 1.35 bits per heavy atom. The molecule has 3 unspecified atom stereocenters. The average molecular weight is 276 g/mol. The number of nitrogen functional groups attached to an aromatic ring is 1. The molecule has 0 aliphatic carbocycles. The molecule has 0 radical (unpaired) electrons. The van der Waals surface area contributed by atoms with E-state index >= 15 is 0 Å². The van der Waals surface area contributed by atoms with Gasteiger partial charge in [-0.3, -0.25) is 0 Å². The number of hydrogen-bond acceptors (Lipinski definition) is 4. The number of nitrogens with zero attached hydrogens (tertiary/aromatic N) is 1. The topological polar surface area (TPSA) is 55.6 Å². The Kier molecular flexibility index (Phi) is 4.21. The fourth-order valence-corrected chi connectivity index (χ4v) is 3.07. The molecule has 1 saturated heterocycles. The molecule has 4 heteroatoms. The number of rotatable bonds is 2. The van der Waals surface area contributed by atoms with Gasteiger partial charge in [-0.2, -0.15) is 0 Å². The van der Waals surface area contributed by atoms with Crippen molar-refractivity contribution in [2.45, 2.75) is 33.2 Å². The van der Waals surface area contributed by atoms with Gasteiger partial charge in [-0.25, -0.2) is 4.79 Å². The van der Waals surface area contributed by atoms with Crippen LogP contribution in [0.5, 0.6) is 0 Å². The first-order valence-corrected chi connectivity index (χ1v) is 7.18. The minimum absolute atomic E-state index is 0.380. The minimum Gasteiger partial charge on any atom is -0.465 e. The number of nitrogens with two attached hydrogens (primary N) is 1. The number of benzene rings is 1. The maximum atomic E-state index is 11.8. The van der Waals surface area contributed by atoms with Gasteiger partial charge < -0.3 is 15.4 Å². The van der Waals surface area contributed by atoms with Gasteiger partial charge in [0.1, 0.15) is 0 Å². The highest BCUT2D eigenvalue weighted by Gasteiger charge is 2.29. The molecule has 0 aromatic heterocycles. The molecule has 4 nitrogen and oxygen atoms in total. The van der Waals surface area contributed by atoms with Crippen molar-refractivity contribution in [3.05, 3.63) is 23.8 Å². The van der Waals surface area contributed by atoms with E-state index < -0.39 is 0 Å². The molecular formula is C16H24N2O2. The van der Waals surface area contributed by atoms with Crippen molar-refractivity contribution in [3.8, 4) is 0 Å². The molecule has 0 amide bonds. The summed E-state index contributed by atoms with van der Waals surface area (Å²) in [5.74, 6) is 0.910. The molecule has 110 valence electrons. The van der Waals surface area contributed by atoms with Gasteiger partial charge in [-0.1, -0.05) is 13.8 Å². The smallest absolute Gasteiger partial charge is 0.340 e. The fourth-order valence-electron chi connectivity index (χ4n) is 3.07. The highest BCUT2D eigenvalue weighted by Crippen LogP contribution is 2.32. The molecule has 1 heterocycles. The van der Waals surface area contributed by atoms with E-state index in [-0.39, 0.29) is 5.97 Å². The lowest BCUT2D eigenvalue weighted by molar-refractivity contribution is 0.0602. The predicted octanol–water partition coefficient (Wildman–Crippen LogP) is 2.93. The summed E-state index contributed by atoms with van der Waals surface area (Å²) in [6, 6.07) is 6.09. The van der Waals surface area contributed by atoms with Crippen LogP contribution in [0.1, 0.15) is 37.6 Å². The van der Waals surface area contributed by atoms with Gasteiger partial charge in [-0.15, -0.1) is 0 Å². The largest absolute Gasteiger partial charge is 0.465 e. The standard InChI is InChI=1S/C16H24N2O2/c1-10-7-11(2)12(3)18(9-10)13-5-6-15(17)14(8-13)16(19)20-4/h5-6,8,10-12H,7,9,17H2,1-4H3. The third kappa shape index (κ3) is 2.74. The van der Waals surface area contributed by atoms with Crippen molar-refractivity contribution < 1.29 is 9.53 Å². The summed E-state index contributed by atoms with van der Waals surface area (Å²) in [5.41, 5.74) is 7.82. The fraction of sp³-hybridized carbons (Fsp3) is 0.562. The van der Waals surface area contributed by atoms with Crippen LogP contribution in [0.3, 0.4) is 0 Å². The number of piperidine rings is 1. The zero-order valence-electron chi connectivity index (χ0n) is 12.7. The van der Waals surface area contributed by atoms with Crippen LogP contribution in [0.25, 0.3) is 0 Å². The molecule has 0 spiro atoms. The Hall–Kier alpha value is -1.71. The molecule has 0 saturated carbocycles. The molecule has 3 atom stereocenters. The van der Waals surface area contributed by atoms with Gasteiger partial charge in [-0.05, 0) is 43.4 Å². The first kappa shape index (κ1) is 14.7. The summed E-state index contributed by atoms with van der Waals surface area (Å²) in [6.07, 6.45) is 1.25. The summed E-state index contributed by atoms with van der Waals surface area (Å²) >= 11 is 0. The number of methoxy groups -OCH3 is 1. The van der Waals surface area contributed by atoms with Crippen molar-refractivity contribution in [1.29, 1.82) is 0 Å². The Bertz CT molecular complexity index is 501. The summed E-state index contributed by atoms with van der Waals surface area (Å²) in [4.78, 5) is 14.1. The van der Waals surface area contributed by atoms with Crippen LogP contribution in [0.2, 0.25) is 0 Å². The van der Waals surface area contributed by atoms with Crippen LogP contribution in [0.4, 0.5) is 11.4 Å². The summed E-state index contributed by atoms with van der Waals surface area (Å²) in [7, 11) is 1.38. The monoisotopic (exact) mass is 276 g/mol. The quantitative estimate of drug-likeness (QED) is 0.666. The van der Waals surface area contributed by atoms with Crippen LogP contribution in [-0.2, 0) is 4.74 Å². The van der Waals surface area contributed by atoms with Crippen molar-refractivity contribution in [1.82, 2.24) is 0 Å². The van der Waals surface area contributed by atoms with Crippen LogP contribution in [0, 0.1) is 11.8 Å². The van der Waals surface area contributed by atoms with Gasteiger partial charge in [0, 0.05) is 24.0 Å². The summed E-state index contributed by atoms with van der Waals surface area (Å²) < 4.78 is 4.79. The molecule has 2 rings (SSSR count). The van der Waals surface area contributed by atoms with Gasteiger partial charge in [0.25, 0.3) is 0 Å². The van der Waals surface area contributed by atoms with Crippen LogP contribution < -0.4 is 10.6 Å². The minimum atomic E-state index is -0.380. The molecular weight excluding hydrogens is 252 g/mol. The predicted molar refractivity (Wildman–Crippen MR) is 81.9 cm³/mol. The third-order valence-corrected chi connectivity index (χ3v) is 4.37. The lowest BCUT2D eigenvalue weighted by Crippen LogP contribution is -2.45. The third-order valence-electron chi connectivity index (χ3n) is 4.37. The first-order chi connectivity index (χ1) is 9.43. The number of anilines is 2. The molecule has 0 bridgehead atoms. The molecule has 1 aromatic rings. The molecule has 1 aliphatic heterocycles. The van der Waals surface area contributed by atoms with Crippen molar-refractivity contribution in [3.63, 3.8) is 0 Å². The van der Waals surface area contributed by atoms with Gasteiger partial charge in [0.2, 0.25) is 0 Å². The Morgan fingerprint density at radius 2 is 2.05 bits per heavy atom. The van der Waals surface area contributed by atoms with E-state index in [4.69, 9.17) is 10.5 Å². The van der Waals surface area contributed by atoms with E-state index in [0.717, 1.165) is 12.2 Å². The van der Waals surface area contributed by atoms with Crippen molar-refractivity contribution in [2.75, 3.05) is 24.3 Å². The second-order valence-corrected chi connectivity index (χ2v) is 5.97. The SMILES string of the molecule is COC(=O)c1cc(N2CC(C)CC(C)C2C)ccc1N. The number of hydrogen-bond donors (Lipinski definition) is 1. The average Bonchev–Trinajstić information content (AvgIpc) is 2.42. The highest BCUT2D eigenvalue weighted by atomic mass is 16.5. The number of ether oxygens (including phenoxy) is 1. The summed E-state index contributed by atoms with van der Waals surface area (Å²) in [5, 5.41) is 0. The molecule has 1 aromatic carbocycles. The van der Waals surface area contributed by atoms with Crippen LogP contribution >= 0.6 is 0 Å². The maximum Gasteiger partial charge on any atom is 0.340 e. The summed E-state index contributed by atoms with van der Waals surface area (Å²) in [6.45, 7) is 7.81. The highest BCUT2D eigenvalue weighted by molar-refractivity contribution is 5.96. The van der Waals surface area contributed by atoms with E-state index in [1.54, 1.807) is 6.07 Å². The Balaban J connectivity index is 2.34. The van der Waals surface area contributed by atoms with E-state index in [9.17, 15) is 4.79 Å². The normalized spacial score (nSPS) is 26.4. The van der Waals surface area contributed by atoms with Gasteiger partial charge >= 0.3 is 5.97 Å². The van der Waals surface area contributed by atoms with Crippen LogP contribution in [0.15, 0.2) is 18.2 Å². The second-order valence-electron chi connectivity index (χ2n) is 5.97. The van der Waals surface area contributed by atoms with Crippen molar-refractivity contribution >= 4 is 17.3 Å². The number of carbonyl (C=O) groups is 1. The molecule has 20 heavy (non-hydrogen) atoms. The molecule has 1 aliphatic rings. The van der Waals surface area contributed by atoms with Crippen molar-refractivity contribution in [2.24, 2.45) is 11.8 Å².